The monoisotopic (exact) mass is 283 g/mol. The van der Waals surface area contributed by atoms with Crippen molar-refractivity contribution in [1.29, 1.82) is 0 Å². The summed E-state index contributed by atoms with van der Waals surface area (Å²) in [7, 11) is 0. The van der Waals surface area contributed by atoms with E-state index in [1.165, 1.54) is 0 Å². The van der Waals surface area contributed by atoms with Gasteiger partial charge in [0.05, 0.1) is 4.47 Å². The Balaban J connectivity index is 2.04. The first kappa shape index (κ1) is 11.4. The van der Waals surface area contributed by atoms with Gasteiger partial charge in [-0.2, -0.15) is 0 Å². The number of aromatic nitrogens is 1. The van der Waals surface area contributed by atoms with Crippen LogP contribution >= 0.6 is 15.9 Å². The molecule has 2 N–H and O–H groups in total. The highest BCUT2D eigenvalue weighted by molar-refractivity contribution is 9.10. The molecular weight excluding hydrogens is 270 g/mol. The molecule has 2 heterocycles. The molecular formula is C11H14BrN3O. The van der Waals surface area contributed by atoms with Gasteiger partial charge in [-0.3, -0.25) is 4.79 Å². The standard InChI is InChI=1S/C11H14BrN3O/c12-9-2-1-4-14-11(9)15-5-3-8(7-15)6-10(13)16/h1-2,4,8H,3,5-7H2,(H2,13,16)/t8-/m0/s1. The SMILES string of the molecule is NC(=O)C[C@@H]1CCN(c2ncccc2Br)C1. The summed E-state index contributed by atoms with van der Waals surface area (Å²) < 4.78 is 0.995. The maximum Gasteiger partial charge on any atom is 0.217 e. The molecule has 0 aliphatic carbocycles. The highest BCUT2D eigenvalue weighted by Crippen LogP contribution is 2.29. The number of carbonyl (C=O) groups excluding carboxylic acids is 1. The Morgan fingerprint density at radius 3 is 3.19 bits per heavy atom. The summed E-state index contributed by atoms with van der Waals surface area (Å²) in [6.45, 7) is 1.80. The molecule has 0 unspecified atom stereocenters. The number of carbonyl (C=O) groups is 1. The Hall–Kier alpha value is -1.10. The summed E-state index contributed by atoms with van der Waals surface area (Å²) in [5.41, 5.74) is 5.20. The molecule has 1 aliphatic heterocycles. The first-order valence-corrected chi connectivity index (χ1v) is 6.10. The van der Waals surface area contributed by atoms with Crippen LogP contribution in [0.4, 0.5) is 5.82 Å². The van der Waals surface area contributed by atoms with Gasteiger partial charge in [-0.1, -0.05) is 0 Å². The average molecular weight is 284 g/mol. The van der Waals surface area contributed by atoms with Crippen molar-refractivity contribution >= 4 is 27.7 Å². The number of rotatable bonds is 3. The van der Waals surface area contributed by atoms with Crippen LogP contribution in [0.3, 0.4) is 0 Å². The minimum atomic E-state index is -0.216. The number of primary amides is 1. The van der Waals surface area contributed by atoms with E-state index in [0.29, 0.717) is 12.3 Å². The first-order chi connectivity index (χ1) is 7.66. The number of nitrogens with two attached hydrogens (primary N) is 1. The molecule has 86 valence electrons. The lowest BCUT2D eigenvalue weighted by Gasteiger charge is -2.18. The van der Waals surface area contributed by atoms with E-state index >= 15 is 0 Å². The Bertz CT molecular complexity index is 397. The van der Waals surface area contributed by atoms with Gasteiger partial charge in [0.2, 0.25) is 5.91 Å². The lowest BCUT2D eigenvalue weighted by atomic mass is 10.1. The van der Waals surface area contributed by atoms with Crippen LogP contribution in [0.15, 0.2) is 22.8 Å². The summed E-state index contributed by atoms with van der Waals surface area (Å²) in [5.74, 6) is 1.10. The van der Waals surface area contributed by atoms with E-state index in [2.05, 4.69) is 25.8 Å². The maximum absolute atomic E-state index is 10.8. The average Bonchev–Trinajstić information content (AvgIpc) is 2.66. The minimum absolute atomic E-state index is 0.216. The number of nitrogens with zero attached hydrogens (tertiary/aromatic N) is 2. The number of hydrogen-bond acceptors (Lipinski definition) is 3. The van der Waals surface area contributed by atoms with Crippen LogP contribution in [0.5, 0.6) is 0 Å². The van der Waals surface area contributed by atoms with Crippen LogP contribution in [0, 0.1) is 5.92 Å². The predicted molar refractivity (Wildman–Crippen MR) is 66.1 cm³/mol. The quantitative estimate of drug-likeness (QED) is 0.916. The molecule has 1 amide bonds. The molecule has 5 heteroatoms. The minimum Gasteiger partial charge on any atom is -0.370 e. The van der Waals surface area contributed by atoms with Gasteiger partial charge < -0.3 is 10.6 Å². The molecule has 0 bridgehead atoms. The lowest BCUT2D eigenvalue weighted by molar-refractivity contribution is -0.118. The number of hydrogen-bond donors (Lipinski definition) is 1. The Morgan fingerprint density at radius 1 is 1.69 bits per heavy atom. The van der Waals surface area contributed by atoms with E-state index in [1.54, 1.807) is 6.20 Å². The number of pyridine rings is 1. The van der Waals surface area contributed by atoms with Crippen molar-refractivity contribution in [2.75, 3.05) is 18.0 Å². The molecule has 16 heavy (non-hydrogen) atoms. The number of anilines is 1. The van der Waals surface area contributed by atoms with E-state index in [0.717, 1.165) is 29.8 Å². The summed E-state index contributed by atoms with van der Waals surface area (Å²) in [6, 6.07) is 3.87. The van der Waals surface area contributed by atoms with Crippen molar-refractivity contribution in [1.82, 2.24) is 4.98 Å². The molecule has 1 aromatic rings. The van der Waals surface area contributed by atoms with Gasteiger partial charge in [0.25, 0.3) is 0 Å². The third-order valence-electron chi connectivity index (χ3n) is 2.81. The Kier molecular flexibility index (Phi) is 3.43. The second kappa shape index (κ2) is 4.82. The zero-order valence-electron chi connectivity index (χ0n) is 8.90. The number of halogens is 1. The third-order valence-corrected chi connectivity index (χ3v) is 3.43. The third kappa shape index (κ3) is 2.52. The van der Waals surface area contributed by atoms with Crippen molar-refractivity contribution in [3.8, 4) is 0 Å². The van der Waals surface area contributed by atoms with E-state index in [1.807, 2.05) is 12.1 Å². The lowest BCUT2D eigenvalue weighted by Crippen LogP contribution is -2.23. The molecule has 1 saturated heterocycles. The van der Waals surface area contributed by atoms with Crippen molar-refractivity contribution in [3.05, 3.63) is 22.8 Å². The van der Waals surface area contributed by atoms with Crippen LogP contribution in [0.2, 0.25) is 0 Å². The van der Waals surface area contributed by atoms with Crippen LogP contribution in [-0.2, 0) is 4.79 Å². The molecule has 1 fully saturated rings. The summed E-state index contributed by atoms with van der Waals surface area (Å²) in [5, 5.41) is 0. The molecule has 1 aromatic heterocycles. The van der Waals surface area contributed by atoms with Gasteiger partial charge in [0, 0.05) is 25.7 Å². The van der Waals surface area contributed by atoms with Crippen molar-refractivity contribution in [3.63, 3.8) is 0 Å². The zero-order chi connectivity index (χ0) is 11.5. The topological polar surface area (TPSA) is 59.2 Å². The van der Waals surface area contributed by atoms with Gasteiger partial charge in [-0.05, 0) is 40.4 Å². The van der Waals surface area contributed by atoms with Gasteiger partial charge in [0.15, 0.2) is 0 Å². The predicted octanol–water partition coefficient (Wildman–Crippen LogP) is 1.55. The van der Waals surface area contributed by atoms with E-state index in [9.17, 15) is 4.79 Å². The van der Waals surface area contributed by atoms with Crippen molar-refractivity contribution in [2.45, 2.75) is 12.8 Å². The molecule has 0 aromatic carbocycles. The van der Waals surface area contributed by atoms with Crippen molar-refractivity contribution in [2.24, 2.45) is 11.7 Å². The molecule has 0 radical (unpaired) electrons. The fourth-order valence-electron chi connectivity index (χ4n) is 2.09. The first-order valence-electron chi connectivity index (χ1n) is 5.30. The van der Waals surface area contributed by atoms with Gasteiger partial charge in [-0.25, -0.2) is 4.98 Å². The van der Waals surface area contributed by atoms with Crippen LogP contribution < -0.4 is 10.6 Å². The second-order valence-corrected chi connectivity index (χ2v) is 4.93. The maximum atomic E-state index is 10.8. The van der Waals surface area contributed by atoms with Crippen LogP contribution in [0.1, 0.15) is 12.8 Å². The van der Waals surface area contributed by atoms with E-state index < -0.39 is 0 Å². The molecule has 0 saturated carbocycles. The molecule has 1 atom stereocenters. The Labute approximate surface area is 103 Å². The Morgan fingerprint density at radius 2 is 2.50 bits per heavy atom. The normalized spacial score (nSPS) is 20.1. The van der Waals surface area contributed by atoms with E-state index in [-0.39, 0.29) is 5.91 Å². The largest absolute Gasteiger partial charge is 0.370 e. The van der Waals surface area contributed by atoms with Crippen molar-refractivity contribution < 1.29 is 4.79 Å². The summed E-state index contributed by atoms with van der Waals surface area (Å²) in [6.07, 6.45) is 3.26. The highest BCUT2D eigenvalue weighted by atomic mass is 79.9. The summed E-state index contributed by atoms with van der Waals surface area (Å²) in [4.78, 5) is 17.4. The van der Waals surface area contributed by atoms with Crippen LogP contribution in [-0.4, -0.2) is 24.0 Å². The molecule has 0 spiro atoms. The van der Waals surface area contributed by atoms with Gasteiger partial charge in [-0.15, -0.1) is 0 Å². The summed E-state index contributed by atoms with van der Waals surface area (Å²) >= 11 is 3.48. The van der Waals surface area contributed by atoms with Gasteiger partial charge in [0.1, 0.15) is 5.82 Å². The fraction of sp³-hybridized carbons (Fsp3) is 0.455. The molecule has 4 nitrogen and oxygen atoms in total. The van der Waals surface area contributed by atoms with E-state index in [4.69, 9.17) is 5.73 Å². The van der Waals surface area contributed by atoms with Crippen LogP contribution in [0.25, 0.3) is 0 Å². The fourth-order valence-corrected chi connectivity index (χ4v) is 2.59. The zero-order valence-corrected chi connectivity index (χ0v) is 10.5. The molecule has 1 aliphatic rings. The second-order valence-electron chi connectivity index (χ2n) is 4.08. The highest BCUT2D eigenvalue weighted by Gasteiger charge is 2.25. The smallest absolute Gasteiger partial charge is 0.217 e. The van der Waals surface area contributed by atoms with Gasteiger partial charge >= 0.3 is 0 Å². The number of amides is 1. The molecule has 2 rings (SSSR count).